The highest BCUT2D eigenvalue weighted by molar-refractivity contribution is 4.75. The molecule has 17 heavy (non-hydrogen) atoms. The van der Waals surface area contributed by atoms with E-state index in [1.165, 1.54) is 0 Å². The Morgan fingerprint density at radius 1 is 1.24 bits per heavy atom. The predicted octanol–water partition coefficient (Wildman–Crippen LogP) is 0.459. The number of rotatable bonds is 5. The largest absolute Gasteiger partial charge is 0.393 e. The summed E-state index contributed by atoms with van der Waals surface area (Å²) in [5, 5.41) is 13.5. The van der Waals surface area contributed by atoms with E-state index in [0.29, 0.717) is 5.92 Å². The summed E-state index contributed by atoms with van der Waals surface area (Å²) >= 11 is 0. The molecule has 0 amide bonds. The molecule has 0 aromatic rings. The van der Waals surface area contributed by atoms with Crippen LogP contribution < -0.4 is 5.32 Å². The van der Waals surface area contributed by atoms with E-state index in [9.17, 15) is 5.11 Å². The van der Waals surface area contributed by atoms with Gasteiger partial charge in [0.05, 0.1) is 19.3 Å². The van der Waals surface area contributed by atoms with Crippen molar-refractivity contribution in [2.45, 2.75) is 31.8 Å². The quantitative estimate of drug-likeness (QED) is 0.735. The Hall–Kier alpha value is -0.160. The first kappa shape index (κ1) is 13.3. The van der Waals surface area contributed by atoms with Crippen LogP contribution in [-0.4, -0.2) is 62.0 Å². The first-order valence-electron chi connectivity index (χ1n) is 7.05. The monoisotopic (exact) mass is 242 g/mol. The summed E-state index contributed by atoms with van der Waals surface area (Å²) in [5.74, 6) is 0.529. The Bertz CT molecular complexity index is 202. The van der Waals surface area contributed by atoms with E-state index >= 15 is 0 Å². The molecule has 0 aromatic carbocycles. The van der Waals surface area contributed by atoms with Gasteiger partial charge in [0.1, 0.15) is 0 Å². The number of hydrogen-bond acceptors (Lipinski definition) is 4. The van der Waals surface area contributed by atoms with Crippen molar-refractivity contribution in [3.63, 3.8) is 0 Å². The zero-order valence-electron chi connectivity index (χ0n) is 10.7. The number of piperidine rings is 1. The highest BCUT2D eigenvalue weighted by Gasteiger charge is 2.21. The van der Waals surface area contributed by atoms with Crippen molar-refractivity contribution in [3.8, 4) is 0 Å². The topological polar surface area (TPSA) is 44.7 Å². The lowest BCUT2D eigenvalue weighted by atomic mass is 9.90. The van der Waals surface area contributed by atoms with E-state index in [-0.39, 0.29) is 6.10 Å². The lowest BCUT2D eigenvalue weighted by Crippen LogP contribution is -2.38. The minimum Gasteiger partial charge on any atom is -0.393 e. The van der Waals surface area contributed by atoms with Crippen LogP contribution in [0.2, 0.25) is 0 Å². The van der Waals surface area contributed by atoms with Crippen LogP contribution in [0.3, 0.4) is 0 Å². The van der Waals surface area contributed by atoms with Crippen molar-refractivity contribution in [3.05, 3.63) is 0 Å². The van der Waals surface area contributed by atoms with Crippen LogP contribution in [0, 0.1) is 5.92 Å². The van der Waals surface area contributed by atoms with Gasteiger partial charge in [-0.3, -0.25) is 4.90 Å². The van der Waals surface area contributed by atoms with Crippen molar-refractivity contribution in [1.29, 1.82) is 0 Å². The molecule has 0 radical (unpaired) electrons. The average molecular weight is 242 g/mol. The fourth-order valence-corrected chi connectivity index (χ4v) is 2.81. The molecule has 1 atom stereocenters. The van der Waals surface area contributed by atoms with E-state index < -0.39 is 0 Å². The second-order valence-corrected chi connectivity index (χ2v) is 5.25. The van der Waals surface area contributed by atoms with Crippen molar-refractivity contribution >= 4 is 0 Å². The van der Waals surface area contributed by atoms with Crippen LogP contribution in [0.15, 0.2) is 0 Å². The molecule has 2 fully saturated rings. The second-order valence-electron chi connectivity index (χ2n) is 5.25. The molecule has 4 heteroatoms. The third-order valence-electron chi connectivity index (χ3n) is 4.01. The Morgan fingerprint density at radius 3 is 2.65 bits per heavy atom. The molecule has 0 saturated carbocycles. The van der Waals surface area contributed by atoms with E-state index in [2.05, 4.69) is 10.2 Å². The molecule has 0 aromatic heterocycles. The minimum absolute atomic E-state index is 0.0851. The number of nitrogens with one attached hydrogen (secondary N) is 1. The van der Waals surface area contributed by atoms with Gasteiger partial charge in [-0.15, -0.1) is 0 Å². The third-order valence-corrected chi connectivity index (χ3v) is 4.01. The van der Waals surface area contributed by atoms with Gasteiger partial charge in [-0.1, -0.05) is 0 Å². The molecule has 2 aliphatic heterocycles. The van der Waals surface area contributed by atoms with Gasteiger partial charge in [-0.25, -0.2) is 0 Å². The Balaban J connectivity index is 1.57. The van der Waals surface area contributed by atoms with Crippen molar-refractivity contribution < 1.29 is 9.84 Å². The van der Waals surface area contributed by atoms with E-state index in [0.717, 1.165) is 71.6 Å². The maximum Gasteiger partial charge on any atom is 0.0594 e. The van der Waals surface area contributed by atoms with Crippen molar-refractivity contribution in [2.75, 3.05) is 45.9 Å². The summed E-state index contributed by atoms with van der Waals surface area (Å²) in [6.07, 6.45) is 4.27. The van der Waals surface area contributed by atoms with Crippen LogP contribution in [0.1, 0.15) is 25.7 Å². The number of ether oxygens (including phenoxy) is 1. The summed E-state index contributed by atoms with van der Waals surface area (Å²) in [6, 6.07) is 0. The van der Waals surface area contributed by atoms with E-state index in [4.69, 9.17) is 4.74 Å². The fourth-order valence-electron chi connectivity index (χ4n) is 2.81. The molecular weight excluding hydrogens is 216 g/mol. The maximum atomic E-state index is 10.1. The number of nitrogens with zero attached hydrogens (tertiary/aromatic N) is 1. The Morgan fingerprint density at radius 2 is 1.94 bits per heavy atom. The lowest BCUT2D eigenvalue weighted by molar-refractivity contribution is 0.0317. The van der Waals surface area contributed by atoms with E-state index in [1.54, 1.807) is 0 Å². The Kier molecular flexibility index (Phi) is 5.71. The van der Waals surface area contributed by atoms with Gasteiger partial charge in [0.2, 0.25) is 0 Å². The summed E-state index contributed by atoms with van der Waals surface area (Å²) in [7, 11) is 0. The van der Waals surface area contributed by atoms with Crippen LogP contribution in [-0.2, 0) is 4.74 Å². The maximum absolute atomic E-state index is 10.1. The summed E-state index contributed by atoms with van der Waals surface area (Å²) in [5.41, 5.74) is 0. The molecule has 4 nitrogen and oxygen atoms in total. The van der Waals surface area contributed by atoms with Gasteiger partial charge >= 0.3 is 0 Å². The molecule has 2 rings (SSSR count). The number of aliphatic hydroxyl groups is 1. The lowest BCUT2D eigenvalue weighted by Gasteiger charge is -2.29. The second kappa shape index (κ2) is 7.31. The van der Waals surface area contributed by atoms with Crippen molar-refractivity contribution in [1.82, 2.24) is 10.2 Å². The summed E-state index contributed by atoms with van der Waals surface area (Å²) in [4.78, 5) is 2.44. The van der Waals surface area contributed by atoms with E-state index in [1.807, 2.05) is 0 Å². The zero-order chi connectivity index (χ0) is 11.9. The Labute approximate surface area is 104 Å². The molecule has 2 aliphatic rings. The summed E-state index contributed by atoms with van der Waals surface area (Å²) < 4.78 is 5.32. The van der Waals surface area contributed by atoms with Crippen LogP contribution in [0.5, 0.6) is 0 Å². The first-order chi connectivity index (χ1) is 8.36. The third kappa shape index (κ3) is 4.54. The molecule has 0 aliphatic carbocycles. The highest BCUT2D eigenvalue weighted by atomic mass is 16.5. The fraction of sp³-hybridized carbons (Fsp3) is 1.00. The van der Waals surface area contributed by atoms with Crippen LogP contribution in [0.4, 0.5) is 0 Å². The standard InChI is InChI=1S/C13H26N2O2/c16-13(12-3-5-14-6-4-12)2-1-7-15-8-10-17-11-9-15/h12-14,16H,1-11H2. The molecule has 0 bridgehead atoms. The van der Waals surface area contributed by atoms with Gasteiger partial charge in [0.15, 0.2) is 0 Å². The molecule has 1 unspecified atom stereocenters. The van der Waals surface area contributed by atoms with Crippen molar-refractivity contribution in [2.24, 2.45) is 5.92 Å². The van der Waals surface area contributed by atoms with Gasteiger partial charge < -0.3 is 15.2 Å². The van der Waals surface area contributed by atoms with Crippen LogP contribution in [0.25, 0.3) is 0 Å². The molecule has 2 saturated heterocycles. The summed E-state index contributed by atoms with van der Waals surface area (Å²) in [6.45, 7) is 7.13. The normalized spacial score (nSPS) is 25.9. The molecule has 2 heterocycles. The predicted molar refractivity (Wildman–Crippen MR) is 68.1 cm³/mol. The smallest absolute Gasteiger partial charge is 0.0594 e. The molecule has 0 spiro atoms. The van der Waals surface area contributed by atoms with Gasteiger partial charge in [-0.2, -0.15) is 0 Å². The highest BCUT2D eigenvalue weighted by Crippen LogP contribution is 2.19. The number of hydrogen-bond donors (Lipinski definition) is 2. The zero-order valence-corrected chi connectivity index (χ0v) is 10.7. The molecular formula is C13H26N2O2. The number of morpholine rings is 1. The molecule has 2 N–H and O–H groups in total. The van der Waals surface area contributed by atoms with Gasteiger partial charge in [0.25, 0.3) is 0 Å². The number of aliphatic hydroxyl groups excluding tert-OH is 1. The van der Waals surface area contributed by atoms with Crippen LogP contribution >= 0.6 is 0 Å². The average Bonchev–Trinajstić information content (AvgIpc) is 2.41. The molecule has 100 valence electrons. The van der Waals surface area contributed by atoms with Gasteiger partial charge in [-0.05, 0) is 51.2 Å². The minimum atomic E-state index is -0.0851. The van der Waals surface area contributed by atoms with Gasteiger partial charge in [0, 0.05) is 13.1 Å². The first-order valence-corrected chi connectivity index (χ1v) is 7.05. The SMILES string of the molecule is OC(CCCN1CCOCC1)C1CCNCC1.